The lowest BCUT2D eigenvalue weighted by Gasteiger charge is -2.13. The van der Waals surface area contributed by atoms with E-state index >= 15 is 0 Å². The van der Waals surface area contributed by atoms with Crippen LogP contribution in [0.2, 0.25) is 0 Å². The van der Waals surface area contributed by atoms with E-state index in [-0.39, 0.29) is 6.04 Å². The van der Waals surface area contributed by atoms with Crippen molar-refractivity contribution in [3.63, 3.8) is 0 Å². The van der Waals surface area contributed by atoms with Crippen LogP contribution >= 0.6 is 0 Å². The molecule has 0 amide bonds. The molecule has 0 aliphatic rings. The summed E-state index contributed by atoms with van der Waals surface area (Å²) in [4.78, 5) is 10.2. The molecule has 0 spiro atoms. The van der Waals surface area contributed by atoms with Gasteiger partial charge in [-0.1, -0.05) is 19.9 Å². The van der Waals surface area contributed by atoms with E-state index in [1.807, 2.05) is 20.1 Å². The predicted octanol–water partition coefficient (Wildman–Crippen LogP) is 0.896. The molecule has 0 aliphatic carbocycles. The van der Waals surface area contributed by atoms with Gasteiger partial charge in [0, 0.05) is 6.54 Å². The van der Waals surface area contributed by atoms with Crippen LogP contribution in [0, 0.1) is 5.92 Å². The average molecular weight is 140 g/mol. The van der Waals surface area contributed by atoms with Crippen molar-refractivity contribution in [2.75, 3.05) is 6.54 Å². The van der Waals surface area contributed by atoms with Crippen LogP contribution in [0.3, 0.4) is 0 Å². The van der Waals surface area contributed by atoms with E-state index in [2.05, 4.69) is 11.9 Å². The van der Waals surface area contributed by atoms with Crippen molar-refractivity contribution in [2.24, 2.45) is 5.92 Å². The maximum Gasteiger partial charge on any atom is 0.217 e. The topological polar surface area (TPSA) is 29.1 Å². The molecule has 0 aromatic rings. The summed E-state index contributed by atoms with van der Waals surface area (Å²) < 4.78 is 0. The molecular weight excluding hydrogens is 126 g/mol. The monoisotopic (exact) mass is 140 g/mol. The molecule has 0 rings (SSSR count). The lowest BCUT2D eigenvalue weighted by Crippen LogP contribution is -2.35. The summed E-state index contributed by atoms with van der Waals surface area (Å²) in [5.74, 6) is 0.303. The molecule has 1 radical (unpaired) electrons. The predicted molar refractivity (Wildman–Crippen MR) is 42.5 cm³/mol. The molecule has 2 nitrogen and oxygen atoms in total. The van der Waals surface area contributed by atoms with Crippen LogP contribution in [0.15, 0.2) is 12.7 Å². The molecule has 0 saturated carbocycles. The van der Waals surface area contributed by atoms with Gasteiger partial charge in [-0.25, -0.2) is 0 Å². The summed E-state index contributed by atoms with van der Waals surface area (Å²) in [6, 6.07) is -0.155. The minimum atomic E-state index is -0.155. The Hall–Kier alpha value is -0.630. The van der Waals surface area contributed by atoms with Gasteiger partial charge >= 0.3 is 0 Å². The van der Waals surface area contributed by atoms with Crippen LogP contribution in [0.1, 0.15) is 13.8 Å². The molecule has 0 bridgehead atoms. The molecular formula is C8H14NO. The van der Waals surface area contributed by atoms with Crippen LogP contribution in [-0.4, -0.2) is 18.9 Å². The normalized spacial score (nSPS) is 13.1. The Morgan fingerprint density at radius 3 is 2.60 bits per heavy atom. The minimum Gasteiger partial charge on any atom is -0.303 e. The van der Waals surface area contributed by atoms with Gasteiger partial charge in [0.25, 0.3) is 0 Å². The van der Waals surface area contributed by atoms with Crippen molar-refractivity contribution in [1.82, 2.24) is 5.32 Å². The second-order valence-electron chi connectivity index (χ2n) is 2.54. The summed E-state index contributed by atoms with van der Waals surface area (Å²) in [7, 11) is 0. The van der Waals surface area contributed by atoms with Crippen molar-refractivity contribution in [2.45, 2.75) is 19.9 Å². The van der Waals surface area contributed by atoms with Gasteiger partial charge in [-0.15, -0.1) is 6.58 Å². The van der Waals surface area contributed by atoms with Crippen LogP contribution in [0.5, 0.6) is 0 Å². The summed E-state index contributed by atoms with van der Waals surface area (Å²) in [5, 5.41) is 2.98. The number of rotatable bonds is 5. The Bertz CT molecular complexity index is 110. The minimum absolute atomic E-state index is 0.155. The molecule has 0 aromatic carbocycles. The molecule has 10 heavy (non-hydrogen) atoms. The molecule has 0 unspecified atom stereocenters. The molecule has 0 heterocycles. The Kier molecular flexibility index (Phi) is 4.85. The van der Waals surface area contributed by atoms with Gasteiger partial charge in [-0.05, 0) is 5.92 Å². The average Bonchev–Trinajstić information content (AvgIpc) is 1.89. The maximum atomic E-state index is 10.2. The van der Waals surface area contributed by atoms with Gasteiger partial charge in [0.1, 0.15) is 0 Å². The third kappa shape index (κ3) is 3.41. The van der Waals surface area contributed by atoms with E-state index in [4.69, 9.17) is 0 Å². The zero-order valence-corrected chi connectivity index (χ0v) is 6.55. The smallest absolute Gasteiger partial charge is 0.217 e. The first-order chi connectivity index (χ1) is 4.72. The van der Waals surface area contributed by atoms with Gasteiger partial charge in [-0.3, -0.25) is 4.79 Å². The third-order valence-electron chi connectivity index (χ3n) is 1.28. The van der Waals surface area contributed by atoms with E-state index in [1.54, 1.807) is 6.08 Å². The van der Waals surface area contributed by atoms with Gasteiger partial charge in [0.2, 0.25) is 6.29 Å². The fourth-order valence-electron chi connectivity index (χ4n) is 0.624. The van der Waals surface area contributed by atoms with Gasteiger partial charge in [0.15, 0.2) is 0 Å². The van der Waals surface area contributed by atoms with Crippen LogP contribution in [-0.2, 0) is 4.79 Å². The van der Waals surface area contributed by atoms with Crippen molar-refractivity contribution >= 4 is 6.29 Å². The highest BCUT2D eigenvalue weighted by molar-refractivity contribution is 5.58. The van der Waals surface area contributed by atoms with E-state index in [9.17, 15) is 4.79 Å². The van der Waals surface area contributed by atoms with Crippen molar-refractivity contribution < 1.29 is 4.79 Å². The van der Waals surface area contributed by atoms with Crippen molar-refractivity contribution in [3.8, 4) is 0 Å². The van der Waals surface area contributed by atoms with Crippen LogP contribution in [0.4, 0.5) is 0 Å². The molecule has 1 atom stereocenters. The summed E-state index contributed by atoms with van der Waals surface area (Å²) in [5.41, 5.74) is 0. The lowest BCUT2D eigenvalue weighted by atomic mass is 10.1. The van der Waals surface area contributed by atoms with Crippen molar-refractivity contribution in [3.05, 3.63) is 12.7 Å². The van der Waals surface area contributed by atoms with Gasteiger partial charge < -0.3 is 5.32 Å². The van der Waals surface area contributed by atoms with E-state index in [0.29, 0.717) is 12.5 Å². The number of carbonyl (C=O) groups excluding carboxylic acids is 1. The number of hydrogen-bond donors (Lipinski definition) is 1. The first-order valence-corrected chi connectivity index (χ1v) is 3.44. The fourth-order valence-corrected chi connectivity index (χ4v) is 0.624. The molecule has 0 fully saturated rings. The molecule has 0 aromatic heterocycles. The maximum absolute atomic E-state index is 10.2. The van der Waals surface area contributed by atoms with Crippen LogP contribution < -0.4 is 5.32 Å². The highest BCUT2D eigenvalue weighted by Gasteiger charge is 2.10. The first kappa shape index (κ1) is 9.37. The Morgan fingerprint density at radius 1 is 1.70 bits per heavy atom. The molecule has 0 saturated heterocycles. The zero-order valence-electron chi connectivity index (χ0n) is 6.55. The largest absolute Gasteiger partial charge is 0.303 e. The van der Waals surface area contributed by atoms with Gasteiger partial charge in [0.05, 0.1) is 6.04 Å². The summed E-state index contributed by atoms with van der Waals surface area (Å²) >= 11 is 0. The number of hydrogen-bond acceptors (Lipinski definition) is 2. The highest BCUT2D eigenvalue weighted by Crippen LogP contribution is 1.96. The molecule has 1 N–H and O–H groups in total. The quantitative estimate of drug-likeness (QED) is 0.575. The Morgan fingerprint density at radius 2 is 2.30 bits per heavy atom. The molecule has 2 heteroatoms. The fraction of sp³-hybridized carbons (Fsp3) is 0.625. The van der Waals surface area contributed by atoms with Crippen molar-refractivity contribution in [1.29, 1.82) is 0 Å². The van der Waals surface area contributed by atoms with Crippen LogP contribution in [0.25, 0.3) is 0 Å². The summed E-state index contributed by atoms with van der Waals surface area (Å²) in [6.45, 7) is 8.15. The lowest BCUT2D eigenvalue weighted by molar-refractivity contribution is 0.462. The van der Waals surface area contributed by atoms with E-state index in [0.717, 1.165) is 0 Å². The Balaban J connectivity index is 3.59. The van der Waals surface area contributed by atoms with Gasteiger partial charge in [-0.2, -0.15) is 0 Å². The second-order valence-corrected chi connectivity index (χ2v) is 2.54. The second kappa shape index (κ2) is 5.18. The molecule has 0 aliphatic heterocycles. The number of nitrogens with one attached hydrogen (secondary N) is 1. The summed E-state index contributed by atoms with van der Waals surface area (Å²) in [6.07, 6.45) is 3.66. The van der Waals surface area contributed by atoms with E-state index < -0.39 is 0 Å². The molecule has 57 valence electrons. The SMILES string of the molecule is C=CCN[C@H]([C]=O)C(C)C. The standard InChI is InChI=1S/C8H14NO/c1-4-5-9-8(6-10)7(2)3/h4,7-9H,1,5H2,2-3H3/t8-/m1/s1. The Labute approximate surface area is 62.3 Å². The highest BCUT2D eigenvalue weighted by atomic mass is 16.1. The third-order valence-corrected chi connectivity index (χ3v) is 1.28. The van der Waals surface area contributed by atoms with E-state index in [1.165, 1.54) is 0 Å². The zero-order chi connectivity index (χ0) is 7.98. The first-order valence-electron chi connectivity index (χ1n) is 3.44.